The van der Waals surface area contributed by atoms with Gasteiger partial charge >= 0.3 is 0 Å². The minimum Gasteiger partial charge on any atom is -0.490 e. The van der Waals surface area contributed by atoms with Crippen LogP contribution < -0.4 is 14.8 Å². The second kappa shape index (κ2) is 6.67. The number of thioether (sulfide) groups is 1. The van der Waals surface area contributed by atoms with Crippen LogP contribution in [-0.2, 0) is 5.75 Å². The molecule has 0 saturated heterocycles. The zero-order valence-electron chi connectivity index (χ0n) is 11.8. The lowest BCUT2D eigenvalue weighted by Crippen LogP contribution is -1.97. The Hall–Kier alpha value is -1.95. The SMILES string of the molecule is CNc1cnc(CSc2ccc3c(c2)OCCCO3)cn1. The van der Waals surface area contributed by atoms with Crippen molar-refractivity contribution in [3.63, 3.8) is 0 Å². The van der Waals surface area contributed by atoms with Crippen molar-refractivity contribution in [2.75, 3.05) is 25.6 Å². The van der Waals surface area contributed by atoms with Crippen molar-refractivity contribution in [3.8, 4) is 11.5 Å². The summed E-state index contributed by atoms with van der Waals surface area (Å²) in [6.45, 7) is 1.42. The Labute approximate surface area is 128 Å². The van der Waals surface area contributed by atoms with Crippen molar-refractivity contribution in [2.45, 2.75) is 17.1 Å². The summed E-state index contributed by atoms with van der Waals surface area (Å²) in [7, 11) is 1.83. The molecule has 0 atom stereocenters. The van der Waals surface area contributed by atoms with Gasteiger partial charge in [0.25, 0.3) is 0 Å². The van der Waals surface area contributed by atoms with Crippen LogP contribution in [0.15, 0.2) is 35.5 Å². The van der Waals surface area contributed by atoms with Gasteiger partial charge in [-0.1, -0.05) is 0 Å². The number of aromatic nitrogens is 2. The normalized spacial score (nSPS) is 13.6. The number of ether oxygens (including phenoxy) is 2. The predicted molar refractivity (Wildman–Crippen MR) is 83.2 cm³/mol. The first-order chi connectivity index (χ1) is 10.3. The molecule has 2 heterocycles. The summed E-state index contributed by atoms with van der Waals surface area (Å²) in [5.41, 5.74) is 0.950. The van der Waals surface area contributed by atoms with Crippen molar-refractivity contribution in [1.82, 2.24) is 9.97 Å². The van der Waals surface area contributed by atoms with E-state index in [0.29, 0.717) is 13.2 Å². The van der Waals surface area contributed by atoms with E-state index in [1.54, 1.807) is 24.2 Å². The molecule has 0 unspecified atom stereocenters. The van der Waals surface area contributed by atoms with Crippen molar-refractivity contribution in [2.24, 2.45) is 0 Å². The number of hydrogen-bond donors (Lipinski definition) is 1. The highest BCUT2D eigenvalue weighted by atomic mass is 32.2. The summed E-state index contributed by atoms with van der Waals surface area (Å²) in [5, 5.41) is 2.96. The second-order valence-electron chi connectivity index (χ2n) is 4.59. The second-order valence-corrected chi connectivity index (χ2v) is 5.64. The number of rotatable bonds is 4. The molecule has 110 valence electrons. The van der Waals surface area contributed by atoms with Gasteiger partial charge in [-0.3, -0.25) is 4.98 Å². The van der Waals surface area contributed by atoms with Gasteiger partial charge < -0.3 is 14.8 Å². The van der Waals surface area contributed by atoms with Crippen LogP contribution in [0, 0.1) is 0 Å². The molecule has 0 bridgehead atoms. The standard InChI is InChI=1S/C15H17N3O2S/c1-16-15-9-17-11(8-18-15)10-21-12-3-4-13-14(7-12)20-6-2-5-19-13/h3-4,7-9H,2,5-6,10H2,1H3,(H,16,18). The van der Waals surface area contributed by atoms with Crippen molar-refractivity contribution >= 4 is 17.6 Å². The minimum atomic E-state index is 0.706. The molecular weight excluding hydrogens is 286 g/mol. The maximum atomic E-state index is 5.70. The average molecular weight is 303 g/mol. The summed E-state index contributed by atoms with van der Waals surface area (Å²) < 4.78 is 11.3. The van der Waals surface area contributed by atoms with E-state index in [9.17, 15) is 0 Å². The molecule has 0 spiro atoms. The molecule has 1 aromatic carbocycles. The lowest BCUT2D eigenvalue weighted by atomic mass is 10.3. The molecule has 1 aliphatic heterocycles. The zero-order chi connectivity index (χ0) is 14.5. The van der Waals surface area contributed by atoms with E-state index in [1.807, 2.05) is 25.2 Å². The number of hydrogen-bond acceptors (Lipinski definition) is 6. The van der Waals surface area contributed by atoms with Gasteiger partial charge in [-0.15, -0.1) is 11.8 Å². The molecule has 0 amide bonds. The first-order valence-corrected chi connectivity index (χ1v) is 7.85. The molecule has 5 nitrogen and oxygen atoms in total. The molecule has 21 heavy (non-hydrogen) atoms. The van der Waals surface area contributed by atoms with E-state index in [4.69, 9.17) is 9.47 Å². The summed E-state index contributed by atoms with van der Waals surface area (Å²) in [4.78, 5) is 9.76. The lowest BCUT2D eigenvalue weighted by molar-refractivity contribution is 0.297. The van der Waals surface area contributed by atoms with E-state index in [0.717, 1.165) is 40.1 Å². The van der Waals surface area contributed by atoms with Crippen molar-refractivity contribution < 1.29 is 9.47 Å². The number of fused-ring (bicyclic) bond motifs is 1. The van der Waals surface area contributed by atoms with Crippen LogP contribution >= 0.6 is 11.8 Å². The summed E-state index contributed by atoms with van der Waals surface area (Å²) in [6.07, 6.45) is 4.45. The third-order valence-electron chi connectivity index (χ3n) is 3.07. The van der Waals surface area contributed by atoms with Crippen molar-refractivity contribution in [1.29, 1.82) is 0 Å². The number of anilines is 1. The van der Waals surface area contributed by atoms with Crippen LogP contribution in [-0.4, -0.2) is 30.2 Å². The summed E-state index contributed by atoms with van der Waals surface area (Å²) in [6, 6.07) is 6.05. The van der Waals surface area contributed by atoms with Crippen LogP contribution in [0.5, 0.6) is 11.5 Å². The molecule has 6 heteroatoms. The van der Waals surface area contributed by atoms with Gasteiger partial charge in [-0.2, -0.15) is 0 Å². The lowest BCUT2D eigenvalue weighted by Gasteiger charge is -2.09. The molecule has 0 aliphatic carbocycles. The predicted octanol–water partition coefficient (Wildman–Crippen LogP) is 2.97. The van der Waals surface area contributed by atoms with Crippen LogP contribution in [0.1, 0.15) is 12.1 Å². The van der Waals surface area contributed by atoms with Crippen LogP contribution in [0.25, 0.3) is 0 Å². The molecule has 0 fully saturated rings. The van der Waals surface area contributed by atoms with Gasteiger partial charge in [-0.05, 0) is 18.2 Å². The summed E-state index contributed by atoms with van der Waals surface area (Å²) >= 11 is 1.71. The Morgan fingerprint density at radius 2 is 2.00 bits per heavy atom. The maximum Gasteiger partial charge on any atom is 0.162 e. The largest absolute Gasteiger partial charge is 0.490 e. The third-order valence-corrected chi connectivity index (χ3v) is 4.09. The van der Waals surface area contributed by atoms with E-state index < -0.39 is 0 Å². The molecule has 1 N–H and O–H groups in total. The van der Waals surface area contributed by atoms with E-state index in [-0.39, 0.29) is 0 Å². The van der Waals surface area contributed by atoms with Crippen LogP contribution in [0.2, 0.25) is 0 Å². The van der Waals surface area contributed by atoms with E-state index in [1.165, 1.54) is 0 Å². The fraction of sp³-hybridized carbons (Fsp3) is 0.333. The Morgan fingerprint density at radius 1 is 1.14 bits per heavy atom. The van der Waals surface area contributed by atoms with Crippen LogP contribution in [0.3, 0.4) is 0 Å². The Balaban J connectivity index is 1.66. The first kappa shape index (κ1) is 14.0. The fourth-order valence-electron chi connectivity index (χ4n) is 1.95. The number of benzene rings is 1. The maximum absolute atomic E-state index is 5.70. The molecule has 2 aromatic rings. The highest BCUT2D eigenvalue weighted by Crippen LogP contribution is 2.34. The fourth-order valence-corrected chi connectivity index (χ4v) is 2.77. The highest BCUT2D eigenvalue weighted by molar-refractivity contribution is 7.98. The Kier molecular flexibility index (Phi) is 4.45. The molecule has 3 rings (SSSR count). The van der Waals surface area contributed by atoms with Gasteiger partial charge in [0.2, 0.25) is 0 Å². The van der Waals surface area contributed by atoms with Gasteiger partial charge in [0, 0.05) is 24.1 Å². The topological polar surface area (TPSA) is 56.3 Å². The quantitative estimate of drug-likeness (QED) is 0.876. The van der Waals surface area contributed by atoms with Gasteiger partial charge in [0.1, 0.15) is 5.82 Å². The molecular formula is C15H17N3O2S. The number of nitrogens with one attached hydrogen (secondary N) is 1. The Bertz CT molecular complexity index is 604. The average Bonchev–Trinajstić information content (AvgIpc) is 2.78. The van der Waals surface area contributed by atoms with Gasteiger partial charge in [0.05, 0.1) is 31.3 Å². The summed E-state index contributed by atoms with van der Waals surface area (Å²) in [5.74, 6) is 3.21. The zero-order valence-corrected chi connectivity index (χ0v) is 12.7. The molecule has 1 aliphatic rings. The number of nitrogens with zero attached hydrogens (tertiary/aromatic N) is 2. The first-order valence-electron chi connectivity index (χ1n) is 6.86. The Morgan fingerprint density at radius 3 is 2.76 bits per heavy atom. The van der Waals surface area contributed by atoms with Crippen LogP contribution in [0.4, 0.5) is 5.82 Å². The monoisotopic (exact) mass is 303 g/mol. The highest BCUT2D eigenvalue weighted by Gasteiger charge is 2.11. The van der Waals surface area contributed by atoms with Gasteiger partial charge in [0.15, 0.2) is 11.5 Å². The van der Waals surface area contributed by atoms with E-state index in [2.05, 4.69) is 15.3 Å². The third kappa shape index (κ3) is 3.58. The molecule has 0 radical (unpaired) electrons. The molecule has 1 aromatic heterocycles. The van der Waals surface area contributed by atoms with Crippen molar-refractivity contribution in [3.05, 3.63) is 36.3 Å². The smallest absolute Gasteiger partial charge is 0.162 e. The minimum absolute atomic E-state index is 0.706. The van der Waals surface area contributed by atoms with E-state index >= 15 is 0 Å². The molecule has 0 saturated carbocycles. The van der Waals surface area contributed by atoms with Gasteiger partial charge in [-0.25, -0.2) is 4.98 Å².